The van der Waals surface area contributed by atoms with Gasteiger partial charge in [0.2, 0.25) is 10.0 Å². The van der Waals surface area contributed by atoms with Crippen LogP contribution in [0.25, 0.3) is 0 Å². The van der Waals surface area contributed by atoms with Crippen molar-refractivity contribution in [2.75, 3.05) is 19.8 Å². The molecule has 19 heavy (non-hydrogen) atoms. The van der Waals surface area contributed by atoms with E-state index in [1.54, 1.807) is 13.8 Å². The lowest BCUT2D eigenvalue weighted by Crippen LogP contribution is -2.55. The number of halogens is 2. The molecule has 1 aliphatic rings. The molecule has 0 radical (unpaired) electrons. The van der Waals surface area contributed by atoms with Gasteiger partial charge in [-0.2, -0.15) is 4.31 Å². The Labute approximate surface area is 111 Å². The topological polar surface area (TPSA) is 46.6 Å². The fourth-order valence-corrected chi connectivity index (χ4v) is 3.89. The Morgan fingerprint density at radius 3 is 2.32 bits per heavy atom. The average Bonchev–Trinajstić information content (AvgIpc) is 2.26. The summed E-state index contributed by atoms with van der Waals surface area (Å²) in [6.45, 7) is 4.08. The SMILES string of the molecule is CC1(C)COCCN1S(=O)(=O)c1cc(F)cc(F)c1. The van der Waals surface area contributed by atoms with Gasteiger partial charge in [-0.1, -0.05) is 0 Å². The summed E-state index contributed by atoms with van der Waals surface area (Å²) in [4.78, 5) is -0.375. The number of ether oxygens (including phenoxy) is 1. The molecule has 1 aromatic rings. The average molecular weight is 291 g/mol. The highest BCUT2D eigenvalue weighted by molar-refractivity contribution is 7.89. The van der Waals surface area contributed by atoms with Gasteiger partial charge in [0.25, 0.3) is 0 Å². The molecule has 0 N–H and O–H groups in total. The minimum Gasteiger partial charge on any atom is -0.378 e. The van der Waals surface area contributed by atoms with Crippen LogP contribution in [0.5, 0.6) is 0 Å². The second-order valence-electron chi connectivity index (χ2n) is 5.05. The highest BCUT2D eigenvalue weighted by Gasteiger charge is 2.40. The molecular formula is C12H15F2NO3S. The zero-order valence-corrected chi connectivity index (χ0v) is 11.5. The van der Waals surface area contributed by atoms with Crippen LogP contribution in [-0.4, -0.2) is 38.0 Å². The molecule has 1 saturated heterocycles. The maximum Gasteiger partial charge on any atom is 0.243 e. The van der Waals surface area contributed by atoms with Gasteiger partial charge in [-0.05, 0) is 26.0 Å². The van der Waals surface area contributed by atoms with E-state index in [1.807, 2.05) is 0 Å². The molecule has 0 spiro atoms. The van der Waals surface area contributed by atoms with E-state index in [0.717, 1.165) is 12.1 Å². The number of hydrogen-bond donors (Lipinski definition) is 0. The lowest BCUT2D eigenvalue weighted by Gasteiger charge is -2.40. The van der Waals surface area contributed by atoms with E-state index in [-0.39, 0.29) is 24.7 Å². The van der Waals surface area contributed by atoms with Crippen molar-refractivity contribution >= 4 is 10.0 Å². The fraction of sp³-hybridized carbons (Fsp3) is 0.500. The predicted molar refractivity (Wildman–Crippen MR) is 65.1 cm³/mol. The normalized spacial score (nSPS) is 20.4. The molecule has 0 aliphatic carbocycles. The molecule has 1 aromatic carbocycles. The van der Waals surface area contributed by atoms with Crippen LogP contribution in [-0.2, 0) is 14.8 Å². The van der Waals surface area contributed by atoms with Crippen molar-refractivity contribution in [1.29, 1.82) is 0 Å². The maximum absolute atomic E-state index is 13.2. The van der Waals surface area contributed by atoms with Gasteiger partial charge in [0.05, 0.1) is 23.6 Å². The van der Waals surface area contributed by atoms with Crippen molar-refractivity contribution in [3.05, 3.63) is 29.8 Å². The third-order valence-electron chi connectivity index (χ3n) is 2.99. The van der Waals surface area contributed by atoms with Gasteiger partial charge < -0.3 is 4.74 Å². The summed E-state index contributed by atoms with van der Waals surface area (Å²) in [5.41, 5.74) is -0.750. The smallest absolute Gasteiger partial charge is 0.243 e. The highest BCUT2D eigenvalue weighted by atomic mass is 32.2. The van der Waals surface area contributed by atoms with Crippen LogP contribution in [0.4, 0.5) is 8.78 Å². The quantitative estimate of drug-likeness (QED) is 0.834. The molecule has 0 atom stereocenters. The summed E-state index contributed by atoms with van der Waals surface area (Å²) in [7, 11) is -3.94. The Balaban J connectivity index is 2.47. The van der Waals surface area contributed by atoms with Crippen molar-refractivity contribution < 1.29 is 21.9 Å². The van der Waals surface area contributed by atoms with Crippen LogP contribution >= 0.6 is 0 Å². The number of benzene rings is 1. The first-order valence-electron chi connectivity index (χ1n) is 5.80. The molecule has 106 valence electrons. The molecule has 2 rings (SSSR count). The number of hydrogen-bond acceptors (Lipinski definition) is 3. The fourth-order valence-electron chi connectivity index (χ4n) is 2.09. The van der Waals surface area contributed by atoms with Crippen molar-refractivity contribution in [2.45, 2.75) is 24.3 Å². The zero-order valence-electron chi connectivity index (χ0n) is 10.7. The molecular weight excluding hydrogens is 276 g/mol. The van der Waals surface area contributed by atoms with E-state index in [4.69, 9.17) is 4.74 Å². The summed E-state index contributed by atoms with van der Waals surface area (Å²) in [6.07, 6.45) is 0. The minimum absolute atomic E-state index is 0.160. The second kappa shape index (κ2) is 4.81. The summed E-state index contributed by atoms with van der Waals surface area (Å²) < 4.78 is 57.7. The molecule has 1 heterocycles. The molecule has 0 bridgehead atoms. The lowest BCUT2D eigenvalue weighted by molar-refractivity contribution is -0.00772. The molecule has 0 amide bonds. The molecule has 0 aromatic heterocycles. The van der Waals surface area contributed by atoms with Crippen LogP contribution in [0, 0.1) is 11.6 Å². The van der Waals surface area contributed by atoms with Crippen LogP contribution in [0.15, 0.2) is 23.1 Å². The lowest BCUT2D eigenvalue weighted by atomic mass is 10.1. The maximum atomic E-state index is 13.2. The highest BCUT2D eigenvalue weighted by Crippen LogP contribution is 2.28. The van der Waals surface area contributed by atoms with Gasteiger partial charge in [-0.3, -0.25) is 0 Å². The molecule has 7 heteroatoms. The van der Waals surface area contributed by atoms with E-state index < -0.39 is 27.2 Å². The first-order valence-corrected chi connectivity index (χ1v) is 7.24. The molecule has 4 nitrogen and oxygen atoms in total. The minimum atomic E-state index is -3.94. The van der Waals surface area contributed by atoms with E-state index >= 15 is 0 Å². The first-order chi connectivity index (χ1) is 8.73. The van der Waals surface area contributed by atoms with Gasteiger partial charge >= 0.3 is 0 Å². The molecule has 0 saturated carbocycles. The van der Waals surface area contributed by atoms with Crippen LogP contribution < -0.4 is 0 Å². The number of nitrogens with zero attached hydrogens (tertiary/aromatic N) is 1. The van der Waals surface area contributed by atoms with Crippen molar-refractivity contribution in [3.63, 3.8) is 0 Å². The van der Waals surface area contributed by atoms with Gasteiger partial charge in [-0.15, -0.1) is 0 Å². The Morgan fingerprint density at radius 1 is 1.21 bits per heavy atom. The number of sulfonamides is 1. The van der Waals surface area contributed by atoms with Gasteiger partial charge in [0, 0.05) is 12.6 Å². The van der Waals surface area contributed by atoms with E-state index in [2.05, 4.69) is 0 Å². The number of rotatable bonds is 2. The van der Waals surface area contributed by atoms with Crippen molar-refractivity contribution in [2.24, 2.45) is 0 Å². The van der Waals surface area contributed by atoms with Crippen LogP contribution in [0.1, 0.15) is 13.8 Å². The van der Waals surface area contributed by atoms with Gasteiger partial charge in [-0.25, -0.2) is 17.2 Å². The summed E-state index contributed by atoms with van der Waals surface area (Å²) in [6, 6.07) is 2.29. The monoisotopic (exact) mass is 291 g/mol. The molecule has 1 fully saturated rings. The molecule has 0 unspecified atom stereocenters. The Hall–Kier alpha value is -1.05. The molecule has 1 aliphatic heterocycles. The Morgan fingerprint density at radius 2 is 1.79 bits per heavy atom. The largest absolute Gasteiger partial charge is 0.378 e. The van der Waals surface area contributed by atoms with E-state index in [0.29, 0.717) is 6.07 Å². The predicted octanol–water partition coefficient (Wildman–Crippen LogP) is 1.76. The van der Waals surface area contributed by atoms with Crippen molar-refractivity contribution in [3.8, 4) is 0 Å². The van der Waals surface area contributed by atoms with Crippen LogP contribution in [0.3, 0.4) is 0 Å². The van der Waals surface area contributed by atoms with Gasteiger partial charge in [0.1, 0.15) is 11.6 Å². The zero-order chi connectivity index (χ0) is 14.3. The summed E-state index contributed by atoms with van der Waals surface area (Å²) in [5, 5.41) is 0. The van der Waals surface area contributed by atoms with Crippen LogP contribution in [0.2, 0.25) is 0 Å². The third-order valence-corrected chi connectivity index (χ3v) is 5.08. The second-order valence-corrected chi connectivity index (χ2v) is 6.91. The first kappa shape index (κ1) is 14.4. The Bertz CT molecular complexity index is 566. The van der Waals surface area contributed by atoms with E-state index in [9.17, 15) is 17.2 Å². The standard InChI is InChI=1S/C12H15F2NO3S/c1-12(2)8-18-4-3-15(12)19(16,17)11-6-9(13)5-10(14)7-11/h5-7H,3-4,8H2,1-2H3. The third kappa shape index (κ3) is 2.77. The summed E-state index contributed by atoms with van der Waals surface area (Å²) in [5.74, 6) is -1.82. The summed E-state index contributed by atoms with van der Waals surface area (Å²) >= 11 is 0. The number of morpholine rings is 1. The van der Waals surface area contributed by atoms with Gasteiger partial charge in [0.15, 0.2) is 0 Å². The Kier molecular flexibility index (Phi) is 3.63. The van der Waals surface area contributed by atoms with Crippen molar-refractivity contribution in [1.82, 2.24) is 4.31 Å². The van der Waals surface area contributed by atoms with E-state index in [1.165, 1.54) is 4.31 Å².